The van der Waals surface area contributed by atoms with Gasteiger partial charge in [0.1, 0.15) is 0 Å². The second-order valence-electron chi connectivity index (χ2n) is 4.29. The molecule has 0 atom stereocenters. The summed E-state index contributed by atoms with van der Waals surface area (Å²) in [6, 6.07) is 4.29. The minimum Gasteiger partial charge on any atom is -0.464 e. The highest BCUT2D eigenvalue weighted by molar-refractivity contribution is 5.38. The van der Waals surface area contributed by atoms with Crippen LogP contribution < -0.4 is 15.0 Å². The fraction of sp³-hybridized carbons (Fsp3) is 0.429. The highest BCUT2D eigenvalue weighted by Crippen LogP contribution is 2.17. The van der Waals surface area contributed by atoms with Crippen LogP contribution in [0.4, 0.5) is 11.9 Å². The number of nitrogens with zero attached hydrogens (tertiary/aromatic N) is 5. The maximum absolute atomic E-state index is 5.39. The van der Waals surface area contributed by atoms with E-state index < -0.39 is 0 Å². The normalized spacial score (nSPS) is 10.2. The van der Waals surface area contributed by atoms with E-state index in [0.717, 1.165) is 12.1 Å². The second-order valence-corrected chi connectivity index (χ2v) is 4.29. The van der Waals surface area contributed by atoms with Crippen molar-refractivity contribution in [1.29, 1.82) is 0 Å². The van der Waals surface area contributed by atoms with Gasteiger partial charge in [0.05, 0.1) is 6.61 Å². The number of hydrogen-bond acceptors (Lipinski definition) is 7. The first-order chi connectivity index (χ1) is 10.3. The molecule has 0 aliphatic carbocycles. The number of nitrogens with one attached hydrogen (secondary N) is 1. The topological polar surface area (TPSA) is 76.1 Å². The monoisotopic (exact) mass is 288 g/mol. The molecule has 1 N–H and O–H groups in total. The molecule has 2 aromatic heterocycles. The van der Waals surface area contributed by atoms with E-state index in [2.05, 4.69) is 37.1 Å². The molecule has 0 aliphatic rings. The summed E-state index contributed by atoms with van der Waals surface area (Å²) in [5.74, 6) is 1.09. The number of pyridine rings is 1. The van der Waals surface area contributed by atoms with E-state index in [0.29, 0.717) is 31.1 Å². The van der Waals surface area contributed by atoms with Crippen LogP contribution in [0.1, 0.15) is 19.4 Å². The Hall–Kier alpha value is -2.44. The largest absolute Gasteiger partial charge is 0.464 e. The van der Waals surface area contributed by atoms with Crippen LogP contribution >= 0.6 is 0 Å². The first-order valence-electron chi connectivity index (χ1n) is 6.97. The summed E-state index contributed by atoms with van der Waals surface area (Å²) >= 11 is 0. The second kappa shape index (κ2) is 7.37. The zero-order valence-electron chi connectivity index (χ0n) is 12.6. The minimum absolute atomic E-state index is 0.333. The average molecular weight is 288 g/mol. The number of rotatable bonds is 7. The van der Waals surface area contributed by atoms with E-state index in [1.165, 1.54) is 0 Å². The van der Waals surface area contributed by atoms with Gasteiger partial charge in [-0.15, -0.1) is 0 Å². The van der Waals surface area contributed by atoms with Crippen LogP contribution in [0.25, 0.3) is 0 Å². The Morgan fingerprint density at radius 1 is 1.14 bits per heavy atom. The molecule has 0 bridgehead atoms. The van der Waals surface area contributed by atoms with E-state index in [9.17, 15) is 0 Å². The summed E-state index contributed by atoms with van der Waals surface area (Å²) < 4.78 is 5.39. The highest BCUT2D eigenvalue weighted by Gasteiger charge is 2.13. The molecule has 0 aromatic carbocycles. The standard InChI is InChI=1S/C14H20N6O/c1-4-20(10-11-6-8-16-9-7-11)13-17-12(15-3)18-14(19-13)21-5-2/h6-9H,4-5,10H2,1-3H3,(H,15,17,18,19). The van der Waals surface area contributed by atoms with Crippen LogP contribution in [-0.4, -0.2) is 40.1 Å². The van der Waals surface area contributed by atoms with Gasteiger partial charge in [-0.05, 0) is 31.5 Å². The number of aromatic nitrogens is 4. The minimum atomic E-state index is 0.333. The molecule has 0 aliphatic heterocycles. The van der Waals surface area contributed by atoms with Crippen LogP contribution in [0.15, 0.2) is 24.5 Å². The lowest BCUT2D eigenvalue weighted by Crippen LogP contribution is -2.25. The van der Waals surface area contributed by atoms with E-state index in [1.54, 1.807) is 19.4 Å². The van der Waals surface area contributed by atoms with Crippen molar-refractivity contribution < 1.29 is 4.74 Å². The summed E-state index contributed by atoms with van der Waals surface area (Å²) in [7, 11) is 1.77. The third kappa shape index (κ3) is 4.01. The molecule has 0 saturated carbocycles. The lowest BCUT2D eigenvalue weighted by atomic mass is 10.2. The van der Waals surface area contributed by atoms with E-state index in [1.807, 2.05) is 19.1 Å². The van der Waals surface area contributed by atoms with Crippen LogP contribution in [0.2, 0.25) is 0 Å². The van der Waals surface area contributed by atoms with Gasteiger partial charge in [0.2, 0.25) is 11.9 Å². The summed E-state index contributed by atoms with van der Waals surface area (Å²) in [6.45, 7) is 5.96. The van der Waals surface area contributed by atoms with E-state index >= 15 is 0 Å². The van der Waals surface area contributed by atoms with E-state index in [4.69, 9.17) is 4.74 Å². The van der Waals surface area contributed by atoms with Crippen molar-refractivity contribution in [1.82, 2.24) is 19.9 Å². The molecule has 7 nitrogen and oxygen atoms in total. The Morgan fingerprint density at radius 3 is 2.52 bits per heavy atom. The molecule has 0 amide bonds. The summed E-state index contributed by atoms with van der Waals surface area (Å²) in [4.78, 5) is 19.0. The van der Waals surface area contributed by atoms with Crippen molar-refractivity contribution in [2.75, 3.05) is 30.4 Å². The van der Waals surface area contributed by atoms with Crippen LogP contribution in [0, 0.1) is 0 Å². The van der Waals surface area contributed by atoms with Gasteiger partial charge < -0.3 is 15.0 Å². The predicted octanol–water partition coefficient (Wildman–Crippen LogP) is 1.73. The molecule has 112 valence electrons. The summed E-state index contributed by atoms with van der Waals surface area (Å²) in [5.41, 5.74) is 1.15. The number of hydrogen-bond donors (Lipinski definition) is 1. The SMILES string of the molecule is CCOc1nc(NC)nc(N(CC)Cc2ccncc2)n1. The molecule has 7 heteroatoms. The molecule has 2 rings (SSSR count). The summed E-state index contributed by atoms with van der Waals surface area (Å²) in [5, 5.41) is 2.93. The molecular formula is C14H20N6O. The first kappa shape index (κ1) is 15.0. The predicted molar refractivity (Wildman–Crippen MR) is 81.5 cm³/mol. The molecule has 0 fully saturated rings. The van der Waals surface area contributed by atoms with Crippen LogP contribution in [0.3, 0.4) is 0 Å². The van der Waals surface area contributed by atoms with Gasteiger partial charge in [0.15, 0.2) is 0 Å². The Bertz CT molecular complexity index is 563. The van der Waals surface area contributed by atoms with Gasteiger partial charge in [0, 0.05) is 32.5 Å². The first-order valence-corrected chi connectivity index (χ1v) is 6.97. The molecule has 0 radical (unpaired) electrons. The van der Waals surface area contributed by atoms with Gasteiger partial charge in [-0.2, -0.15) is 15.0 Å². The fourth-order valence-corrected chi connectivity index (χ4v) is 1.83. The third-order valence-electron chi connectivity index (χ3n) is 2.89. The summed E-state index contributed by atoms with van der Waals surface area (Å²) in [6.07, 6.45) is 3.56. The smallest absolute Gasteiger partial charge is 0.323 e. The molecule has 21 heavy (non-hydrogen) atoms. The molecular weight excluding hydrogens is 268 g/mol. The van der Waals surface area contributed by atoms with Crippen molar-refractivity contribution in [3.8, 4) is 6.01 Å². The molecule has 0 spiro atoms. The van der Waals surface area contributed by atoms with Crippen molar-refractivity contribution in [3.05, 3.63) is 30.1 Å². The van der Waals surface area contributed by atoms with Crippen molar-refractivity contribution >= 4 is 11.9 Å². The Morgan fingerprint density at radius 2 is 1.90 bits per heavy atom. The van der Waals surface area contributed by atoms with Gasteiger partial charge in [0.25, 0.3) is 0 Å². The average Bonchev–Trinajstić information content (AvgIpc) is 2.53. The Labute approximate surface area is 124 Å². The van der Waals surface area contributed by atoms with Crippen molar-refractivity contribution in [2.24, 2.45) is 0 Å². The van der Waals surface area contributed by atoms with Crippen molar-refractivity contribution in [2.45, 2.75) is 20.4 Å². The molecule has 2 aromatic rings. The fourth-order valence-electron chi connectivity index (χ4n) is 1.83. The van der Waals surface area contributed by atoms with Gasteiger partial charge in [-0.1, -0.05) is 0 Å². The zero-order chi connectivity index (χ0) is 15.1. The highest BCUT2D eigenvalue weighted by atomic mass is 16.5. The number of ether oxygens (including phenoxy) is 1. The van der Waals surface area contributed by atoms with Gasteiger partial charge in [-0.3, -0.25) is 4.98 Å². The zero-order valence-corrected chi connectivity index (χ0v) is 12.6. The third-order valence-corrected chi connectivity index (χ3v) is 2.89. The maximum Gasteiger partial charge on any atom is 0.323 e. The lowest BCUT2D eigenvalue weighted by Gasteiger charge is -2.21. The lowest BCUT2D eigenvalue weighted by molar-refractivity contribution is 0.312. The number of anilines is 2. The van der Waals surface area contributed by atoms with Crippen LogP contribution in [-0.2, 0) is 6.54 Å². The quantitative estimate of drug-likeness (QED) is 0.831. The molecule has 0 saturated heterocycles. The molecule has 2 heterocycles. The van der Waals surface area contributed by atoms with Crippen molar-refractivity contribution in [3.63, 3.8) is 0 Å². The van der Waals surface area contributed by atoms with E-state index in [-0.39, 0.29) is 0 Å². The maximum atomic E-state index is 5.39. The van der Waals surface area contributed by atoms with Gasteiger partial charge >= 0.3 is 6.01 Å². The van der Waals surface area contributed by atoms with Crippen LogP contribution in [0.5, 0.6) is 6.01 Å². The molecule has 0 unspecified atom stereocenters. The Balaban J connectivity index is 2.26. The Kier molecular flexibility index (Phi) is 5.25. The van der Waals surface area contributed by atoms with Gasteiger partial charge in [-0.25, -0.2) is 0 Å².